The van der Waals surface area contributed by atoms with Crippen LogP contribution in [0.1, 0.15) is 46.0 Å². The number of hydrogen-bond acceptors (Lipinski definition) is 4. The first-order valence-electron chi connectivity index (χ1n) is 10.1. The van der Waals surface area contributed by atoms with Gasteiger partial charge in [-0.25, -0.2) is 4.79 Å². The van der Waals surface area contributed by atoms with Crippen LogP contribution in [0.5, 0.6) is 0 Å². The molecule has 4 nitrogen and oxygen atoms in total. The molecule has 156 valence electrons. The van der Waals surface area contributed by atoms with Crippen LogP contribution < -0.4 is 5.32 Å². The fourth-order valence-corrected chi connectivity index (χ4v) is 4.15. The van der Waals surface area contributed by atoms with E-state index in [1.165, 1.54) is 22.5 Å². The van der Waals surface area contributed by atoms with Gasteiger partial charge in [0.05, 0.1) is 6.61 Å². The molecule has 0 atom stereocenters. The maximum absolute atomic E-state index is 12.7. The van der Waals surface area contributed by atoms with Crippen LogP contribution in [-0.2, 0) is 16.0 Å². The van der Waals surface area contributed by atoms with Crippen molar-refractivity contribution in [1.82, 2.24) is 0 Å². The molecule has 3 aromatic rings. The fourth-order valence-electron chi connectivity index (χ4n) is 3.18. The lowest BCUT2D eigenvalue weighted by atomic mass is 9.99. The van der Waals surface area contributed by atoms with Gasteiger partial charge in [0.25, 0.3) is 0 Å². The number of carbonyl (C=O) groups is 2. The summed E-state index contributed by atoms with van der Waals surface area (Å²) in [7, 11) is 0. The molecule has 5 heteroatoms. The molecule has 0 aliphatic rings. The molecular weight excluding hydrogens is 394 g/mol. The van der Waals surface area contributed by atoms with Gasteiger partial charge < -0.3 is 10.1 Å². The van der Waals surface area contributed by atoms with Gasteiger partial charge in [-0.1, -0.05) is 48.0 Å². The average molecular weight is 422 g/mol. The molecule has 3 rings (SSSR count). The van der Waals surface area contributed by atoms with E-state index in [4.69, 9.17) is 4.74 Å². The van der Waals surface area contributed by atoms with E-state index in [-0.39, 0.29) is 12.5 Å². The maximum Gasteiger partial charge on any atom is 0.341 e. The molecular formula is C25H27NO3S. The van der Waals surface area contributed by atoms with Crippen LogP contribution in [0.4, 0.5) is 5.00 Å². The Morgan fingerprint density at radius 2 is 1.73 bits per heavy atom. The molecule has 0 bridgehead atoms. The highest BCUT2D eigenvalue weighted by atomic mass is 32.1. The summed E-state index contributed by atoms with van der Waals surface area (Å²) < 4.78 is 5.28. The van der Waals surface area contributed by atoms with Gasteiger partial charge in [0.15, 0.2) is 0 Å². The van der Waals surface area contributed by atoms with Crippen molar-refractivity contribution in [2.24, 2.45) is 0 Å². The van der Waals surface area contributed by atoms with Crippen molar-refractivity contribution in [3.05, 3.63) is 75.7 Å². The molecule has 1 amide bonds. The van der Waals surface area contributed by atoms with Gasteiger partial charge >= 0.3 is 5.97 Å². The zero-order valence-electron chi connectivity index (χ0n) is 17.9. The summed E-state index contributed by atoms with van der Waals surface area (Å²) in [5.74, 6) is -0.532. The number of esters is 1. The fraction of sp³-hybridized carbons (Fsp3) is 0.280. The van der Waals surface area contributed by atoms with E-state index < -0.39 is 5.97 Å². The van der Waals surface area contributed by atoms with Crippen molar-refractivity contribution in [3.63, 3.8) is 0 Å². The van der Waals surface area contributed by atoms with Crippen LogP contribution in [-0.4, -0.2) is 18.5 Å². The lowest BCUT2D eigenvalue weighted by Crippen LogP contribution is -2.15. The molecule has 1 aromatic heterocycles. The molecule has 0 spiro atoms. The second-order valence-corrected chi connectivity index (χ2v) is 8.29. The molecule has 0 saturated heterocycles. The highest BCUT2D eigenvalue weighted by Crippen LogP contribution is 2.37. The smallest absolute Gasteiger partial charge is 0.341 e. The van der Waals surface area contributed by atoms with Gasteiger partial charge in [-0.3, -0.25) is 4.79 Å². The van der Waals surface area contributed by atoms with E-state index in [0.29, 0.717) is 23.4 Å². The van der Waals surface area contributed by atoms with E-state index >= 15 is 0 Å². The van der Waals surface area contributed by atoms with E-state index in [0.717, 1.165) is 22.3 Å². The highest BCUT2D eigenvalue weighted by Gasteiger charge is 2.23. The SMILES string of the molecule is CCOC(=O)c1c(-c2ccc(C)c(C)c2)csc1NC(=O)CCc1ccc(C)cc1. The summed E-state index contributed by atoms with van der Waals surface area (Å²) in [5, 5.41) is 5.37. The van der Waals surface area contributed by atoms with Gasteiger partial charge in [-0.2, -0.15) is 0 Å². The van der Waals surface area contributed by atoms with Crippen molar-refractivity contribution in [2.75, 3.05) is 11.9 Å². The summed E-state index contributed by atoms with van der Waals surface area (Å²) in [6, 6.07) is 14.3. The highest BCUT2D eigenvalue weighted by molar-refractivity contribution is 7.15. The van der Waals surface area contributed by atoms with Crippen molar-refractivity contribution >= 4 is 28.2 Å². The topological polar surface area (TPSA) is 55.4 Å². The molecule has 0 radical (unpaired) electrons. The molecule has 2 aromatic carbocycles. The third-order valence-corrected chi connectivity index (χ3v) is 6.00. The van der Waals surface area contributed by atoms with E-state index in [2.05, 4.69) is 18.3 Å². The van der Waals surface area contributed by atoms with Crippen molar-refractivity contribution in [2.45, 2.75) is 40.5 Å². The molecule has 1 heterocycles. The molecule has 0 fully saturated rings. The van der Waals surface area contributed by atoms with Crippen LogP contribution >= 0.6 is 11.3 Å². The predicted molar refractivity (Wildman–Crippen MR) is 123 cm³/mol. The molecule has 0 aliphatic carbocycles. The third kappa shape index (κ3) is 5.16. The molecule has 1 N–H and O–H groups in total. The number of hydrogen-bond donors (Lipinski definition) is 1. The Morgan fingerprint density at radius 3 is 2.40 bits per heavy atom. The van der Waals surface area contributed by atoms with Crippen molar-refractivity contribution in [1.29, 1.82) is 0 Å². The van der Waals surface area contributed by atoms with E-state index in [1.54, 1.807) is 6.92 Å². The minimum absolute atomic E-state index is 0.116. The molecule has 0 saturated carbocycles. The number of rotatable bonds is 7. The Bertz CT molecular complexity index is 1050. The number of ether oxygens (including phenoxy) is 1. The number of aryl methyl sites for hydroxylation is 4. The first-order chi connectivity index (χ1) is 14.4. The number of nitrogens with one attached hydrogen (secondary N) is 1. The van der Waals surface area contributed by atoms with Crippen molar-refractivity contribution in [3.8, 4) is 11.1 Å². The van der Waals surface area contributed by atoms with Gasteiger partial charge in [0.2, 0.25) is 5.91 Å². The van der Waals surface area contributed by atoms with E-state index in [1.807, 2.05) is 55.6 Å². The second kappa shape index (κ2) is 9.72. The summed E-state index contributed by atoms with van der Waals surface area (Å²) >= 11 is 1.35. The third-order valence-electron chi connectivity index (χ3n) is 5.10. The summed E-state index contributed by atoms with van der Waals surface area (Å²) in [6.45, 7) is 8.20. The zero-order chi connectivity index (χ0) is 21.7. The Hall–Kier alpha value is -2.92. The van der Waals surface area contributed by atoms with Gasteiger partial charge in [0.1, 0.15) is 10.6 Å². The quantitative estimate of drug-likeness (QED) is 0.470. The van der Waals surface area contributed by atoms with Crippen LogP contribution in [0.15, 0.2) is 47.8 Å². The standard InChI is InChI=1S/C25H27NO3S/c1-5-29-25(28)23-21(20-12-8-17(3)18(4)14-20)15-30-24(23)26-22(27)13-11-19-9-6-16(2)7-10-19/h6-10,12,14-15H,5,11,13H2,1-4H3,(H,26,27). The lowest BCUT2D eigenvalue weighted by molar-refractivity contribution is -0.116. The largest absolute Gasteiger partial charge is 0.462 e. The first kappa shape index (κ1) is 21.8. The molecule has 0 aliphatic heterocycles. The Balaban J connectivity index is 1.82. The lowest BCUT2D eigenvalue weighted by Gasteiger charge is -2.10. The number of benzene rings is 2. The molecule has 0 unspecified atom stereocenters. The summed E-state index contributed by atoms with van der Waals surface area (Å²) in [4.78, 5) is 25.3. The predicted octanol–water partition coefficient (Wildman–Crippen LogP) is 6.09. The van der Waals surface area contributed by atoms with Crippen LogP contribution in [0.25, 0.3) is 11.1 Å². The number of carbonyl (C=O) groups excluding carboxylic acids is 2. The average Bonchev–Trinajstić information content (AvgIpc) is 3.13. The number of thiophene rings is 1. The van der Waals surface area contributed by atoms with Gasteiger partial charge in [0, 0.05) is 17.4 Å². The first-order valence-corrected chi connectivity index (χ1v) is 11.0. The van der Waals surface area contributed by atoms with Gasteiger partial charge in [-0.05, 0) is 56.4 Å². The Kier molecular flexibility index (Phi) is 7.06. The monoisotopic (exact) mass is 421 g/mol. The number of anilines is 1. The normalized spacial score (nSPS) is 10.7. The minimum atomic E-state index is -0.416. The Morgan fingerprint density at radius 1 is 1.00 bits per heavy atom. The van der Waals surface area contributed by atoms with E-state index in [9.17, 15) is 9.59 Å². The van der Waals surface area contributed by atoms with Crippen LogP contribution in [0, 0.1) is 20.8 Å². The number of amides is 1. The second-order valence-electron chi connectivity index (χ2n) is 7.41. The zero-order valence-corrected chi connectivity index (χ0v) is 18.7. The maximum atomic E-state index is 12.7. The summed E-state index contributed by atoms with van der Waals surface area (Å²) in [6.07, 6.45) is 0.998. The molecule has 30 heavy (non-hydrogen) atoms. The van der Waals surface area contributed by atoms with Crippen LogP contribution in [0.3, 0.4) is 0 Å². The van der Waals surface area contributed by atoms with Gasteiger partial charge in [-0.15, -0.1) is 11.3 Å². The van der Waals surface area contributed by atoms with Crippen LogP contribution in [0.2, 0.25) is 0 Å². The summed E-state index contributed by atoms with van der Waals surface area (Å²) in [5.41, 5.74) is 6.80. The Labute approximate surface area is 181 Å². The van der Waals surface area contributed by atoms with Crippen molar-refractivity contribution < 1.29 is 14.3 Å². The minimum Gasteiger partial charge on any atom is -0.462 e.